The first-order valence-corrected chi connectivity index (χ1v) is 12.2. The highest BCUT2D eigenvalue weighted by molar-refractivity contribution is 7.19. The van der Waals surface area contributed by atoms with E-state index in [9.17, 15) is 9.59 Å². The number of rotatable bonds is 4. The van der Waals surface area contributed by atoms with Crippen LogP contribution in [0.25, 0.3) is 21.3 Å². The minimum Gasteiger partial charge on any atom is -0.479 e. The van der Waals surface area contributed by atoms with Crippen LogP contribution in [0.2, 0.25) is 5.02 Å². The molecule has 0 saturated carbocycles. The molecule has 2 aliphatic rings. The van der Waals surface area contributed by atoms with Gasteiger partial charge >= 0.3 is 0 Å². The van der Waals surface area contributed by atoms with Crippen LogP contribution in [0.4, 0.5) is 0 Å². The van der Waals surface area contributed by atoms with Crippen molar-refractivity contribution < 1.29 is 14.3 Å². The van der Waals surface area contributed by atoms with Gasteiger partial charge in [0, 0.05) is 72.3 Å². The fourth-order valence-corrected chi connectivity index (χ4v) is 5.90. The van der Waals surface area contributed by atoms with Gasteiger partial charge in [-0.1, -0.05) is 11.6 Å². The molecule has 172 valence electrons. The average molecular weight is 485 g/mol. The third-order valence-corrected chi connectivity index (χ3v) is 7.63. The van der Waals surface area contributed by atoms with Crippen LogP contribution in [-0.4, -0.2) is 54.0 Å². The number of fused-ring (bicyclic) bond motifs is 2. The van der Waals surface area contributed by atoms with Crippen LogP contribution in [0.5, 0.6) is 5.75 Å². The average Bonchev–Trinajstić information content (AvgIpc) is 3.42. The SMILES string of the molecule is CC(=O)NC(C)c1cc2nccc(-c3cc(Cl)cc4c3O[C@@H](C(=O)N3CCNCC3)C4)c2s1. The summed E-state index contributed by atoms with van der Waals surface area (Å²) >= 11 is 8.09. The van der Waals surface area contributed by atoms with E-state index in [0.29, 0.717) is 30.3 Å². The maximum Gasteiger partial charge on any atom is 0.264 e. The number of hydrogen-bond donors (Lipinski definition) is 2. The van der Waals surface area contributed by atoms with E-state index < -0.39 is 6.10 Å². The van der Waals surface area contributed by atoms with Crippen LogP contribution >= 0.6 is 22.9 Å². The molecule has 0 spiro atoms. The van der Waals surface area contributed by atoms with Crippen molar-refractivity contribution in [2.45, 2.75) is 32.4 Å². The summed E-state index contributed by atoms with van der Waals surface area (Å²) in [5, 5.41) is 6.81. The van der Waals surface area contributed by atoms with E-state index in [1.807, 2.05) is 36.1 Å². The lowest BCUT2D eigenvalue weighted by Gasteiger charge is -2.29. The molecule has 33 heavy (non-hydrogen) atoms. The standard InChI is InChI=1S/C24H25ClN4O3S/c1-13(28-14(2)30)21-12-19-23(33-21)17(3-4-27-19)18-11-16(25)9-15-10-20(32-22(15)18)24(31)29-7-5-26-6-8-29/h3-4,9,11-13,20,26H,5-8,10H2,1-2H3,(H,28,30)/t13?,20-/m1/s1. The highest BCUT2D eigenvalue weighted by Gasteiger charge is 2.35. The number of nitrogens with one attached hydrogen (secondary N) is 2. The Bertz CT molecular complexity index is 1240. The topological polar surface area (TPSA) is 83.6 Å². The molecule has 1 unspecified atom stereocenters. The number of piperazine rings is 1. The molecule has 5 rings (SSSR count). The summed E-state index contributed by atoms with van der Waals surface area (Å²) in [5.74, 6) is 0.664. The molecule has 2 N–H and O–H groups in total. The molecule has 2 aliphatic heterocycles. The molecule has 2 atom stereocenters. The molecule has 0 bridgehead atoms. The highest BCUT2D eigenvalue weighted by Crippen LogP contribution is 2.45. The first kappa shape index (κ1) is 22.1. The van der Waals surface area contributed by atoms with Gasteiger partial charge in [-0.2, -0.15) is 0 Å². The van der Waals surface area contributed by atoms with E-state index in [-0.39, 0.29) is 17.9 Å². The summed E-state index contributed by atoms with van der Waals surface area (Å²) in [6.45, 7) is 6.46. The zero-order valence-corrected chi connectivity index (χ0v) is 20.1. The van der Waals surface area contributed by atoms with Crippen molar-refractivity contribution in [2.75, 3.05) is 26.2 Å². The van der Waals surface area contributed by atoms with Crippen molar-refractivity contribution in [2.24, 2.45) is 0 Å². The molecule has 9 heteroatoms. The third-order valence-electron chi connectivity index (χ3n) is 6.07. The number of hydrogen-bond acceptors (Lipinski definition) is 6. The molecule has 7 nitrogen and oxygen atoms in total. The molecule has 3 aromatic rings. The number of nitrogens with zero attached hydrogens (tertiary/aromatic N) is 2. The minimum absolute atomic E-state index is 0.0252. The highest BCUT2D eigenvalue weighted by atomic mass is 35.5. The second-order valence-electron chi connectivity index (χ2n) is 8.47. The molecule has 1 saturated heterocycles. The summed E-state index contributed by atoms with van der Waals surface area (Å²) in [6.07, 6.45) is 1.74. The van der Waals surface area contributed by atoms with Gasteiger partial charge in [-0.25, -0.2) is 0 Å². The molecular formula is C24H25ClN4O3S. The lowest BCUT2D eigenvalue weighted by atomic mass is 10.0. The number of pyridine rings is 1. The first-order chi connectivity index (χ1) is 15.9. The van der Waals surface area contributed by atoms with Gasteiger partial charge in [-0.3, -0.25) is 14.6 Å². The molecule has 2 aromatic heterocycles. The predicted molar refractivity (Wildman–Crippen MR) is 130 cm³/mol. The van der Waals surface area contributed by atoms with Crippen LogP contribution in [0.1, 0.15) is 30.3 Å². The van der Waals surface area contributed by atoms with Crippen molar-refractivity contribution in [1.29, 1.82) is 0 Å². The van der Waals surface area contributed by atoms with Crippen LogP contribution < -0.4 is 15.4 Å². The smallest absolute Gasteiger partial charge is 0.264 e. The lowest BCUT2D eigenvalue weighted by Crippen LogP contribution is -2.50. The molecule has 4 heterocycles. The Morgan fingerprint density at radius 2 is 2.06 bits per heavy atom. The molecule has 1 fully saturated rings. The summed E-state index contributed by atoms with van der Waals surface area (Å²) < 4.78 is 7.27. The largest absolute Gasteiger partial charge is 0.479 e. The van der Waals surface area contributed by atoms with E-state index in [1.165, 1.54) is 6.92 Å². The Labute approximate surface area is 201 Å². The van der Waals surface area contributed by atoms with Gasteiger partial charge in [-0.05, 0) is 31.2 Å². The summed E-state index contributed by atoms with van der Waals surface area (Å²) in [4.78, 5) is 32.0. The van der Waals surface area contributed by atoms with Crippen molar-refractivity contribution in [3.8, 4) is 16.9 Å². The fraction of sp³-hybridized carbons (Fsp3) is 0.375. The number of halogens is 1. The molecule has 0 aliphatic carbocycles. The number of ether oxygens (including phenoxy) is 1. The van der Waals surface area contributed by atoms with Gasteiger partial charge in [0.25, 0.3) is 5.91 Å². The quantitative estimate of drug-likeness (QED) is 0.591. The van der Waals surface area contributed by atoms with Crippen molar-refractivity contribution in [3.63, 3.8) is 0 Å². The minimum atomic E-state index is -0.536. The van der Waals surface area contributed by atoms with Crippen LogP contribution in [0, 0.1) is 0 Å². The molecule has 2 amide bonds. The van der Waals surface area contributed by atoms with Crippen LogP contribution in [-0.2, 0) is 16.0 Å². The van der Waals surface area contributed by atoms with E-state index in [1.54, 1.807) is 17.5 Å². The molecule has 1 aromatic carbocycles. The lowest BCUT2D eigenvalue weighted by molar-refractivity contribution is -0.138. The van der Waals surface area contributed by atoms with Crippen LogP contribution in [0.15, 0.2) is 30.5 Å². The van der Waals surface area contributed by atoms with Gasteiger partial charge < -0.3 is 20.3 Å². The number of carbonyl (C=O) groups is 2. The molecular weight excluding hydrogens is 460 g/mol. The summed E-state index contributed by atoms with van der Waals surface area (Å²) in [7, 11) is 0. The van der Waals surface area contributed by atoms with E-state index in [0.717, 1.165) is 44.9 Å². The summed E-state index contributed by atoms with van der Waals surface area (Å²) in [5.41, 5.74) is 3.62. The first-order valence-electron chi connectivity index (χ1n) is 11.0. The second kappa shape index (κ2) is 8.93. The van der Waals surface area contributed by atoms with Gasteiger partial charge in [0.05, 0.1) is 16.3 Å². The Hall–Kier alpha value is -2.68. The third kappa shape index (κ3) is 4.30. The van der Waals surface area contributed by atoms with Gasteiger partial charge in [-0.15, -0.1) is 11.3 Å². The Morgan fingerprint density at radius 1 is 1.27 bits per heavy atom. The zero-order chi connectivity index (χ0) is 23.1. The Kier molecular flexibility index (Phi) is 5.99. The number of benzene rings is 1. The van der Waals surface area contributed by atoms with Crippen molar-refractivity contribution >= 4 is 45.0 Å². The maximum absolute atomic E-state index is 13.1. The number of thiophene rings is 1. The van der Waals surface area contributed by atoms with E-state index >= 15 is 0 Å². The van der Waals surface area contributed by atoms with E-state index in [4.69, 9.17) is 16.3 Å². The Morgan fingerprint density at radius 3 is 2.82 bits per heavy atom. The maximum atomic E-state index is 13.1. The molecule has 0 radical (unpaired) electrons. The van der Waals surface area contributed by atoms with Gasteiger partial charge in [0.2, 0.25) is 5.91 Å². The normalized spacial score (nSPS) is 18.6. The van der Waals surface area contributed by atoms with Gasteiger partial charge in [0.15, 0.2) is 6.10 Å². The number of carbonyl (C=O) groups excluding carboxylic acids is 2. The zero-order valence-electron chi connectivity index (χ0n) is 18.5. The van der Waals surface area contributed by atoms with Crippen molar-refractivity contribution in [1.82, 2.24) is 20.5 Å². The van der Waals surface area contributed by atoms with Crippen molar-refractivity contribution in [3.05, 3.63) is 45.9 Å². The van der Waals surface area contributed by atoms with E-state index in [2.05, 4.69) is 15.6 Å². The number of amides is 2. The number of aromatic nitrogens is 1. The van der Waals surface area contributed by atoms with Gasteiger partial charge in [0.1, 0.15) is 5.75 Å². The Balaban J connectivity index is 1.51. The van der Waals surface area contributed by atoms with Crippen LogP contribution in [0.3, 0.4) is 0 Å². The fourth-order valence-electron chi connectivity index (χ4n) is 4.51. The monoisotopic (exact) mass is 484 g/mol. The summed E-state index contributed by atoms with van der Waals surface area (Å²) in [6, 6.07) is 7.63. The second-order valence-corrected chi connectivity index (χ2v) is 9.99. The predicted octanol–water partition coefficient (Wildman–Crippen LogP) is 3.55.